The molecule has 3 rings (SSSR count). The monoisotopic (exact) mass is 517 g/mol. The quantitative estimate of drug-likeness (QED) is 0.540. The van der Waals surface area contributed by atoms with E-state index in [0.29, 0.717) is 24.7 Å². The number of nitrogens with zero attached hydrogens (tertiary/aromatic N) is 2. The molecule has 0 atom stereocenters. The van der Waals surface area contributed by atoms with E-state index in [4.69, 9.17) is 4.74 Å². The van der Waals surface area contributed by atoms with Crippen LogP contribution >= 0.6 is 24.8 Å². The molecule has 0 aromatic heterocycles. The smallest absolute Gasteiger partial charge is 0.375 e. The number of benzene rings is 1. The molecule has 11 heteroatoms. The summed E-state index contributed by atoms with van der Waals surface area (Å²) in [5, 5.41) is 3.01. The molecule has 0 radical (unpaired) electrons. The van der Waals surface area contributed by atoms with Crippen LogP contribution in [0, 0.1) is 11.7 Å². The van der Waals surface area contributed by atoms with Crippen molar-refractivity contribution in [2.75, 3.05) is 51.3 Å². The lowest BCUT2D eigenvalue weighted by Crippen LogP contribution is -2.47. The SMILES string of the molecule is COCC(=O)NC1CCC(CCN2CCN(c3ccc(F)c(C(F)(F)F)c3)CC2)CC1.Cl.Cl. The number of anilines is 1. The molecule has 190 valence electrons. The molecule has 1 aromatic carbocycles. The topological polar surface area (TPSA) is 44.8 Å². The molecule has 1 heterocycles. The maximum absolute atomic E-state index is 13.5. The van der Waals surface area contributed by atoms with Gasteiger partial charge in [0.15, 0.2) is 0 Å². The lowest BCUT2D eigenvalue weighted by Gasteiger charge is -2.37. The molecule has 2 fully saturated rings. The summed E-state index contributed by atoms with van der Waals surface area (Å²) in [5.41, 5.74) is -0.788. The fourth-order valence-electron chi connectivity index (χ4n) is 4.52. The van der Waals surface area contributed by atoms with Gasteiger partial charge in [-0.1, -0.05) is 0 Å². The van der Waals surface area contributed by atoms with Crippen LogP contribution in [0.2, 0.25) is 0 Å². The van der Waals surface area contributed by atoms with Gasteiger partial charge in [-0.25, -0.2) is 4.39 Å². The molecule has 1 aliphatic carbocycles. The van der Waals surface area contributed by atoms with E-state index in [1.54, 1.807) is 0 Å². The molecule has 0 unspecified atom stereocenters. The minimum atomic E-state index is -4.69. The Bertz CT molecular complexity index is 739. The normalized spacial score (nSPS) is 21.7. The summed E-state index contributed by atoms with van der Waals surface area (Å²) in [6.45, 7) is 3.88. The van der Waals surface area contributed by atoms with E-state index in [1.165, 1.54) is 13.2 Å². The lowest BCUT2D eigenvalue weighted by atomic mass is 9.84. The van der Waals surface area contributed by atoms with Crippen molar-refractivity contribution < 1.29 is 27.1 Å². The van der Waals surface area contributed by atoms with Crippen molar-refractivity contribution in [1.29, 1.82) is 0 Å². The highest BCUT2D eigenvalue weighted by molar-refractivity contribution is 5.85. The second kappa shape index (κ2) is 13.6. The lowest BCUT2D eigenvalue weighted by molar-refractivity contribution is -0.140. The Morgan fingerprint density at radius 1 is 1.09 bits per heavy atom. The summed E-state index contributed by atoms with van der Waals surface area (Å²) in [6, 6.07) is 3.47. The number of ether oxygens (including phenoxy) is 1. The molecule has 33 heavy (non-hydrogen) atoms. The molecule has 2 aliphatic rings. The van der Waals surface area contributed by atoms with Crippen LogP contribution in [0.5, 0.6) is 0 Å². The van der Waals surface area contributed by atoms with E-state index in [1.807, 2.05) is 4.90 Å². The second-order valence-electron chi connectivity index (χ2n) is 8.50. The van der Waals surface area contributed by atoms with E-state index >= 15 is 0 Å². The third-order valence-corrected chi connectivity index (χ3v) is 6.33. The molecule has 0 bridgehead atoms. The van der Waals surface area contributed by atoms with Crippen molar-refractivity contribution in [3.8, 4) is 0 Å². The van der Waals surface area contributed by atoms with Crippen LogP contribution in [-0.2, 0) is 15.7 Å². The van der Waals surface area contributed by atoms with Gasteiger partial charge in [-0.2, -0.15) is 13.2 Å². The molecule has 1 N–H and O–H groups in total. The summed E-state index contributed by atoms with van der Waals surface area (Å²) < 4.78 is 57.3. The first-order valence-electron chi connectivity index (χ1n) is 10.9. The predicted octanol–water partition coefficient (Wildman–Crippen LogP) is 4.52. The standard InChI is InChI=1S/C22H31F4N3O2.2ClH/c1-31-15-21(30)27-17-4-2-16(3-5-17)8-9-28-10-12-29(13-11-28)18-6-7-20(23)19(14-18)22(24,25)26;;/h6-7,14,16-17H,2-5,8-13,15H2,1H3,(H,27,30);2*1H. The summed E-state index contributed by atoms with van der Waals surface area (Å²) in [5.74, 6) is -0.657. The highest BCUT2D eigenvalue weighted by Crippen LogP contribution is 2.34. The predicted molar refractivity (Wildman–Crippen MR) is 125 cm³/mol. The number of halogens is 6. The maximum Gasteiger partial charge on any atom is 0.419 e. The minimum Gasteiger partial charge on any atom is -0.375 e. The zero-order chi connectivity index (χ0) is 22.4. The Labute approximate surface area is 205 Å². The maximum atomic E-state index is 13.5. The van der Waals surface area contributed by atoms with Crippen LogP contribution in [0.25, 0.3) is 0 Å². The van der Waals surface area contributed by atoms with Gasteiger partial charge < -0.3 is 15.0 Å². The summed E-state index contributed by atoms with van der Waals surface area (Å²) in [7, 11) is 1.51. The van der Waals surface area contributed by atoms with Crippen molar-refractivity contribution in [3.63, 3.8) is 0 Å². The molecule has 0 spiro atoms. The van der Waals surface area contributed by atoms with Gasteiger partial charge in [-0.3, -0.25) is 9.69 Å². The van der Waals surface area contributed by atoms with Gasteiger partial charge in [0.25, 0.3) is 0 Å². The van der Waals surface area contributed by atoms with E-state index in [-0.39, 0.29) is 43.4 Å². The van der Waals surface area contributed by atoms with Gasteiger partial charge >= 0.3 is 6.18 Å². The Morgan fingerprint density at radius 2 is 1.73 bits per heavy atom. The average Bonchev–Trinajstić information content (AvgIpc) is 2.73. The van der Waals surface area contributed by atoms with Crippen molar-refractivity contribution in [1.82, 2.24) is 10.2 Å². The van der Waals surface area contributed by atoms with Gasteiger partial charge in [0, 0.05) is 45.0 Å². The van der Waals surface area contributed by atoms with Crippen LogP contribution in [0.3, 0.4) is 0 Å². The molecule has 5 nitrogen and oxygen atoms in total. The summed E-state index contributed by atoms with van der Waals surface area (Å²) in [4.78, 5) is 15.8. The number of hydrogen-bond donors (Lipinski definition) is 1. The minimum absolute atomic E-state index is 0. The second-order valence-corrected chi connectivity index (χ2v) is 8.50. The number of nitrogens with one attached hydrogen (secondary N) is 1. The van der Waals surface area contributed by atoms with Gasteiger partial charge in [-0.15, -0.1) is 24.8 Å². The zero-order valence-corrected chi connectivity index (χ0v) is 20.3. The average molecular weight is 518 g/mol. The number of methoxy groups -OCH3 is 1. The van der Waals surface area contributed by atoms with E-state index in [0.717, 1.165) is 63.9 Å². The molecular weight excluding hydrogens is 485 g/mol. The first-order valence-corrected chi connectivity index (χ1v) is 10.9. The molecule has 1 saturated heterocycles. The fraction of sp³-hybridized carbons (Fsp3) is 0.682. The Hall–Kier alpha value is -1.29. The number of hydrogen-bond acceptors (Lipinski definition) is 4. The molecular formula is C22H33Cl2F4N3O2. The number of amides is 1. The third kappa shape index (κ3) is 8.77. The molecule has 1 amide bonds. The van der Waals surface area contributed by atoms with Crippen LogP contribution in [-0.4, -0.2) is 63.3 Å². The van der Waals surface area contributed by atoms with Crippen LogP contribution in [0.15, 0.2) is 18.2 Å². The summed E-state index contributed by atoms with van der Waals surface area (Å²) >= 11 is 0. The molecule has 1 aromatic rings. The Morgan fingerprint density at radius 3 is 2.30 bits per heavy atom. The van der Waals surface area contributed by atoms with Crippen LogP contribution < -0.4 is 10.2 Å². The highest BCUT2D eigenvalue weighted by atomic mass is 35.5. The zero-order valence-electron chi connectivity index (χ0n) is 18.7. The van der Waals surface area contributed by atoms with E-state index < -0.39 is 17.6 Å². The first-order chi connectivity index (χ1) is 14.8. The van der Waals surface area contributed by atoms with E-state index in [9.17, 15) is 22.4 Å². The van der Waals surface area contributed by atoms with Gasteiger partial charge in [0.1, 0.15) is 12.4 Å². The van der Waals surface area contributed by atoms with Gasteiger partial charge in [-0.05, 0) is 62.8 Å². The Balaban J connectivity index is 0.00000272. The fourth-order valence-corrected chi connectivity index (χ4v) is 4.52. The van der Waals surface area contributed by atoms with Crippen LogP contribution in [0.4, 0.5) is 23.2 Å². The molecule has 1 saturated carbocycles. The number of carbonyl (C=O) groups excluding carboxylic acids is 1. The highest BCUT2D eigenvalue weighted by Gasteiger charge is 2.35. The largest absolute Gasteiger partial charge is 0.419 e. The first kappa shape index (κ1) is 29.7. The van der Waals surface area contributed by atoms with E-state index in [2.05, 4.69) is 10.2 Å². The number of carbonyl (C=O) groups is 1. The molecule has 1 aliphatic heterocycles. The number of rotatable bonds is 7. The van der Waals surface area contributed by atoms with Crippen molar-refractivity contribution in [2.24, 2.45) is 5.92 Å². The Kier molecular flexibility index (Phi) is 12.2. The van der Waals surface area contributed by atoms with Gasteiger partial charge in [0.2, 0.25) is 5.91 Å². The summed E-state index contributed by atoms with van der Waals surface area (Å²) in [6.07, 6.45) is 0.558. The van der Waals surface area contributed by atoms with Crippen molar-refractivity contribution in [3.05, 3.63) is 29.6 Å². The third-order valence-electron chi connectivity index (χ3n) is 6.33. The van der Waals surface area contributed by atoms with Crippen LogP contribution in [0.1, 0.15) is 37.7 Å². The van der Waals surface area contributed by atoms with Crippen molar-refractivity contribution in [2.45, 2.75) is 44.3 Å². The number of alkyl halides is 3. The van der Waals surface area contributed by atoms with Crippen molar-refractivity contribution >= 4 is 36.4 Å². The van der Waals surface area contributed by atoms with Gasteiger partial charge in [0.05, 0.1) is 5.56 Å². The number of piperazine rings is 1.